The average Bonchev–Trinajstić information content (AvgIpc) is 2.84. The Morgan fingerprint density at radius 2 is 2.37 bits per heavy atom. The van der Waals surface area contributed by atoms with Crippen molar-refractivity contribution in [1.82, 2.24) is 20.3 Å². The summed E-state index contributed by atoms with van der Waals surface area (Å²) in [4.78, 5) is 22.1. The molecule has 1 aromatic rings. The Morgan fingerprint density at radius 1 is 1.63 bits per heavy atom. The largest absolute Gasteiger partial charge is 0.476 e. The molecule has 0 saturated heterocycles. The highest BCUT2D eigenvalue weighted by molar-refractivity contribution is 7.98. The van der Waals surface area contributed by atoms with E-state index in [2.05, 4.69) is 15.6 Å². The van der Waals surface area contributed by atoms with E-state index < -0.39 is 12.0 Å². The maximum absolute atomic E-state index is 11.6. The molecule has 0 bridgehead atoms. The number of carboxylic acids is 1. The molecule has 19 heavy (non-hydrogen) atoms. The van der Waals surface area contributed by atoms with E-state index in [9.17, 15) is 9.59 Å². The lowest BCUT2D eigenvalue weighted by atomic mass is 10.2. The van der Waals surface area contributed by atoms with E-state index in [1.165, 1.54) is 10.9 Å². The molecular formula is C10H17N5O3S. The zero-order valence-corrected chi connectivity index (χ0v) is 11.4. The van der Waals surface area contributed by atoms with Gasteiger partial charge in [-0.1, -0.05) is 5.21 Å². The molecule has 0 fully saturated rings. The number of aromatic nitrogens is 3. The zero-order valence-electron chi connectivity index (χ0n) is 10.6. The van der Waals surface area contributed by atoms with Gasteiger partial charge in [0, 0.05) is 6.54 Å². The van der Waals surface area contributed by atoms with Crippen LogP contribution >= 0.6 is 11.8 Å². The zero-order chi connectivity index (χ0) is 14.3. The van der Waals surface area contributed by atoms with Gasteiger partial charge in [-0.05, 0) is 18.4 Å². The van der Waals surface area contributed by atoms with Crippen LogP contribution in [0.25, 0.3) is 0 Å². The standard InChI is InChI=1S/C10H17N5O3S/c1-19-5-2-7(11)9(16)12-3-4-15-6-8(10(17)18)13-14-15/h6-7H,2-5,11H2,1H3,(H,12,16)(H,17,18)/t7-/m0/s1. The Balaban J connectivity index is 2.29. The highest BCUT2D eigenvalue weighted by Crippen LogP contribution is 1.98. The first-order valence-corrected chi connectivity index (χ1v) is 7.09. The second-order valence-electron chi connectivity index (χ2n) is 3.85. The summed E-state index contributed by atoms with van der Waals surface area (Å²) in [5, 5.41) is 18.4. The van der Waals surface area contributed by atoms with E-state index in [1.54, 1.807) is 11.8 Å². The number of hydrogen-bond acceptors (Lipinski definition) is 6. The Morgan fingerprint density at radius 3 is 2.95 bits per heavy atom. The smallest absolute Gasteiger partial charge is 0.358 e. The Hall–Kier alpha value is -1.61. The molecule has 1 rings (SSSR count). The molecule has 0 aliphatic carbocycles. The van der Waals surface area contributed by atoms with E-state index in [0.29, 0.717) is 19.5 Å². The van der Waals surface area contributed by atoms with Crippen molar-refractivity contribution in [2.24, 2.45) is 5.73 Å². The van der Waals surface area contributed by atoms with E-state index in [0.717, 1.165) is 5.75 Å². The molecule has 0 spiro atoms. The molecule has 0 aromatic carbocycles. The maximum Gasteiger partial charge on any atom is 0.358 e. The third-order valence-electron chi connectivity index (χ3n) is 2.37. The molecule has 1 aromatic heterocycles. The molecule has 1 amide bonds. The predicted molar refractivity (Wildman–Crippen MR) is 71.0 cm³/mol. The number of carbonyl (C=O) groups excluding carboxylic acids is 1. The second kappa shape index (κ2) is 7.74. The molecule has 1 heterocycles. The third-order valence-corrected chi connectivity index (χ3v) is 3.01. The van der Waals surface area contributed by atoms with Crippen LogP contribution in [-0.4, -0.2) is 56.6 Å². The minimum Gasteiger partial charge on any atom is -0.476 e. The minimum atomic E-state index is -1.13. The van der Waals surface area contributed by atoms with Gasteiger partial charge in [0.15, 0.2) is 5.69 Å². The van der Waals surface area contributed by atoms with E-state index in [1.807, 2.05) is 6.26 Å². The number of carboxylic acid groups (broad SMARTS) is 1. The SMILES string of the molecule is CSCC[C@H](N)C(=O)NCCn1cc(C(=O)O)nn1. The Kier molecular flexibility index (Phi) is 6.30. The quantitative estimate of drug-likeness (QED) is 0.570. The van der Waals surface area contributed by atoms with E-state index in [4.69, 9.17) is 10.8 Å². The summed E-state index contributed by atoms with van der Waals surface area (Å²) in [6.45, 7) is 0.676. The van der Waals surface area contributed by atoms with Gasteiger partial charge in [0.05, 0.1) is 18.8 Å². The van der Waals surface area contributed by atoms with Crippen LogP contribution in [0.1, 0.15) is 16.9 Å². The molecule has 9 heteroatoms. The topological polar surface area (TPSA) is 123 Å². The summed E-state index contributed by atoms with van der Waals surface area (Å²) in [7, 11) is 0. The van der Waals surface area contributed by atoms with Crippen LogP contribution in [-0.2, 0) is 11.3 Å². The monoisotopic (exact) mass is 287 g/mol. The van der Waals surface area contributed by atoms with Crippen molar-refractivity contribution in [3.8, 4) is 0 Å². The molecule has 0 radical (unpaired) electrons. The average molecular weight is 287 g/mol. The van der Waals surface area contributed by atoms with Crippen LogP contribution in [0.4, 0.5) is 0 Å². The van der Waals surface area contributed by atoms with Crippen LogP contribution in [0.5, 0.6) is 0 Å². The number of nitrogens with zero attached hydrogens (tertiary/aromatic N) is 3. The number of aromatic carboxylic acids is 1. The lowest BCUT2D eigenvalue weighted by Gasteiger charge is -2.11. The van der Waals surface area contributed by atoms with Crippen molar-refractivity contribution < 1.29 is 14.7 Å². The molecule has 1 atom stereocenters. The molecule has 8 nitrogen and oxygen atoms in total. The fourth-order valence-corrected chi connectivity index (χ4v) is 1.80. The van der Waals surface area contributed by atoms with Gasteiger partial charge in [-0.15, -0.1) is 5.10 Å². The van der Waals surface area contributed by atoms with Gasteiger partial charge in [0.1, 0.15) is 0 Å². The van der Waals surface area contributed by atoms with E-state index >= 15 is 0 Å². The summed E-state index contributed by atoms with van der Waals surface area (Å²) >= 11 is 1.64. The summed E-state index contributed by atoms with van der Waals surface area (Å²) in [5.74, 6) is -0.512. The number of nitrogens with one attached hydrogen (secondary N) is 1. The predicted octanol–water partition coefficient (Wildman–Crippen LogP) is -0.827. The summed E-state index contributed by atoms with van der Waals surface area (Å²) in [5.41, 5.74) is 5.57. The van der Waals surface area contributed by atoms with Crippen LogP contribution in [0.3, 0.4) is 0 Å². The highest BCUT2D eigenvalue weighted by Gasteiger charge is 2.12. The van der Waals surface area contributed by atoms with Crippen LogP contribution < -0.4 is 11.1 Å². The summed E-state index contributed by atoms with van der Waals surface area (Å²) in [6, 6.07) is -0.516. The van der Waals surface area contributed by atoms with Crippen molar-refractivity contribution in [1.29, 1.82) is 0 Å². The van der Waals surface area contributed by atoms with E-state index in [-0.39, 0.29) is 11.6 Å². The van der Waals surface area contributed by atoms with Gasteiger partial charge in [-0.3, -0.25) is 4.79 Å². The number of thioether (sulfide) groups is 1. The highest BCUT2D eigenvalue weighted by atomic mass is 32.2. The lowest BCUT2D eigenvalue weighted by Crippen LogP contribution is -2.42. The molecule has 0 unspecified atom stereocenters. The van der Waals surface area contributed by atoms with Gasteiger partial charge in [-0.25, -0.2) is 9.48 Å². The summed E-state index contributed by atoms with van der Waals surface area (Å²) < 4.78 is 1.36. The Labute approximate surface area is 114 Å². The van der Waals surface area contributed by atoms with Crippen molar-refractivity contribution in [3.05, 3.63) is 11.9 Å². The number of amides is 1. The van der Waals surface area contributed by atoms with Crippen molar-refractivity contribution in [3.63, 3.8) is 0 Å². The molecular weight excluding hydrogens is 270 g/mol. The second-order valence-corrected chi connectivity index (χ2v) is 4.84. The molecule has 4 N–H and O–H groups in total. The molecule has 106 valence electrons. The lowest BCUT2D eigenvalue weighted by molar-refractivity contribution is -0.122. The Bertz CT molecular complexity index is 437. The van der Waals surface area contributed by atoms with Gasteiger partial charge < -0.3 is 16.2 Å². The first kappa shape index (κ1) is 15.4. The van der Waals surface area contributed by atoms with Crippen molar-refractivity contribution in [2.75, 3.05) is 18.6 Å². The fraction of sp³-hybridized carbons (Fsp3) is 0.600. The van der Waals surface area contributed by atoms with Gasteiger partial charge in [0.2, 0.25) is 5.91 Å². The number of hydrogen-bond donors (Lipinski definition) is 3. The van der Waals surface area contributed by atoms with Gasteiger partial charge in [0.25, 0.3) is 0 Å². The number of carbonyl (C=O) groups is 2. The van der Waals surface area contributed by atoms with Crippen LogP contribution in [0, 0.1) is 0 Å². The van der Waals surface area contributed by atoms with Crippen LogP contribution in [0.2, 0.25) is 0 Å². The van der Waals surface area contributed by atoms with Gasteiger partial charge in [-0.2, -0.15) is 11.8 Å². The van der Waals surface area contributed by atoms with Crippen LogP contribution in [0.15, 0.2) is 6.20 Å². The number of rotatable bonds is 8. The first-order chi connectivity index (χ1) is 9.04. The maximum atomic E-state index is 11.6. The molecule has 0 saturated carbocycles. The number of nitrogens with two attached hydrogens (primary N) is 1. The minimum absolute atomic E-state index is 0.122. The van der Waals surface area contributed by atoms with Crippen molar-refractivity contribution in [2.45, 2.75) is 19.0 Å². The fourth-order valence-electron chi connectivity index (χ4n) is 1.31. The molecule has 0 aliphatic rings. The summed E-state index contributed by atoms with van der Waals surface area (Å²) in [6.07, 6.45) is 3.89. The van der Waals surface area contributed by atoms with Crippen molar-refractivity contribution >= 4 is 23.6 Å². The first-order valence-electron chi connectivity index (χ1n) is 5.70. The molecule has 0 aliphatic heterocycles. The van der Waals surface area contributed by atoms with Gasteiger partial charge >= 0.3 is 5.97 Å². The normalized spacial score (nSPS) is 12.1. The third kappa shape index (κ3) is 5.26.